The van der Waals surface area contributed by atoms with Crippen molar-refractivity contribution in [1.29, 1.82) is 0 Å². The lowest BCUT2D eigenvalue weighted by molar-refractivity contribution is -0.226. The van der Waals surface area contributed by atoms with Crippen LogP contribution in [-0.4, -0.2) is 97.6 Å². The molecule has 1 heterocycles. The van der Waals surface area contributed by atoms with Gasteiger partial charge in [-0.05, 0) is 62.3 Å². The molecule has 1 amide bonds. The minimum atomic E-state index is -1.01. The highest BCUT2D eigenvalue weighted by Gasteiger charge is 2.47. The predicted octanol–water partition coefficient (Wildman–Crippen LogP) is 2.16. The van der Waals surface area contributed by atoms with Crippen molar-refractivity contribution in [3.8, 4) is 0 Å². The minimum absolute atomic E-state index is 0.0184. The van der Waals surface area contributed by atoms with Gasteiger partial charge in [0.25, 0.3) is 0 Å². The molecule has 1 aliphatic heterocycles. The molecule has 0 aromatic heterocycles. The van der Waals surface area contributed by atoms with Gasteiger partial charge in [-0.2, -0.15) is 0 Å². The Morgan fingerprint density at radius 3 is 1.50 bits per heavy atom. The van der Waals surface area contributed by atoms with Crippen LogP contribution in [0.4, 0.5) is 0 Å². The standard InChI is InChI=1S/C29H52N2O11/c1-18(32)31-23-25(38-16-13-22(35)42-29(8,9)10)24(37-15-12-21(34)41-28(5,6)7)19(39-26(23)30)17-36-14-11-20(33)40-27(2,3)4/h19,23-26H,11-17,30H2,1-10H3,(H,31,32)/t19-,23-,24-,25?,26-/m1/s1. The summed E-state index contributed by atoms with van der Waals surface area (Å²) in [4.78, 5) is 48.7. The molecule has 13 heteroatoms. The van der Waals surface area contributed by atoms with Crippen molar-refractivity contribution in [2.75, 3.05) is 26.4 Å². The fraction of sp³-hybridized carbons (Fsp3) is 0.862. The van der Waals surface area contributed by atoms with E-state index in [1.165, 1.54) is 6.92 Å². The summed E-state index contributed by atoms with van der Waals surface area (Å²) in [5.41, 5.74) is 4.34. The van der Waals surface area contributed by atoms with Crippen molar-refractivity contribution in [3.63, 3.8) is 0 Å². The fourth-order valence-electron chi connectivity index (χ4n) is 3.99. The summed E-state index contributed by atoms with van der Waals surface area (Å²) in [6.45, 7) is 17.1. The molecular formula is C29H52N2O11. The summed E-state index contributed by atoms with van der Waals surface area (Å²) in [7, 11) is 0. The normalized spacial score (nSPS) is 23.2. The van der Waals surface area contributed by atoms with E-state index in [0.29, 0.717) is 0 Å². The van der Waals surface area contributed by atoms with Crippen LogP contribution in [0, 0.1) is 0 Å². The maximum absolute atomic E-state index is 12.3. The molecule has 0 radical (unpaired) electrons. The molecule has 1 aliphatic rings. The number of nitrogens with two attached hydrogens (primary N) is 1. The van der Waals surface area contributed by atoms with Crippen LogP contribution in [0.2, 0.25) is 0 Å². The maximum Gasteiger partial charge on any atom is 0.308 e. The number of hydrogen-bond acceptors (Lipinski definition) is 12. The smallest absolute Gasteiger partial charge is 0.308 e. The van der Waals surface area contributed by atoms with Gasteiger partial charge in [0.05, 0.1) is 51.7 Å². The highest BCUT2D eigenvalue weighted by atomic mass is 16.6. The molecular weight excluding hydrogens is 552 g/mol. The summed E-state index contributed by atoms with van der Waals surface area (Å²) in [5, 5.41) is 2.74. The molecule has 0 saturated carbocycles. The van der Waals surface area contributed by atoms with E-state index in [9.17, 15) is 19.2 Å². The second-order valence-electron chi connectivity index (χ2n) is 13.1. The van der Waals surface area contributed by atoms with E-state index < -0.39 is 65.3 Å². The van der Waals surface area contributed by atoms with Gasteiger partial charge in [0.2, 0.25) is 5.91 Å². The number of ether oxygens (including phenoxy) is 7. The van der Waals surface area contributed by atoms with Gasteiger partial charge >= 0.3 is 17.9 Å². The molecule has 42 heavy (non-hydrogen) atoms. The SMILES string of the molecule is CC(=O)N[C@@H]1C(OCCC(=O)OC(C)(C)C)[C@H](OCCC(=O)OC(C)(C)C)[C@@H](COCCC(=O)OC(C)(C)C)O[C@H]1N. The molecule has 1 unspecified atom stereocenters. The molecule has 0 aromatic carbocycles. The van der Waals surface area contributed by atoms with E-state index in [1.54, 1.807) is 62.3 Å². The Morgan fingerprint density at radius 1 is 0.690 bits per heavy atom. The Kier molecular flexibility index (Phi) is 14.8. The van der Waals surface area contributed by atoms with Gasteiger partial charge in [0, 0.05) is 6.92 Å². The topological polar surface area (TPSA) is 171 Å². The van der Waals surface area contributed by atoms with Gasteiger partial charge in [0.15, 0.2) is 0 Å². The zero-order valence-electron chi connectivity index (χ0n) is 26.9. The van der Waals surface area contributed by atoms with E-state index in [-0.39, 0.29) is 51.6 Å². The number of esters is 3. The first-order valence-corrected chi connectivity index (χ1v) is 14.3. The molecule has 244 valence electrons. The Balaban J connectivity index is 3.05. The number of hydrogen-bond donors (Lipinski definition) is 2. The van der Waals surface area contributed by atoms with Gasteiger partial charge in [-0.25, -0.2) is 0 Å². The molecule has 1 rings (SSSR count). The first kappa shape index (κ1) is 37.7. The van der Waals surface area contributed by atoms with Crippen LogP contribution in [0.15, 0.2) is 0 Å². The number of rotatable bonds is 14. The van der Waals surface area contributed by atoms with E-state index >= 15 is 0 Å². The van der Waals surface area contributed by atoms with Crippen molar-refractivity contribution in [2.45, 2.75) is 136 Å². The van der Waals surface area contributed by atoms with Crippen molar-refractivity contribution in [1.82, 2.24) is 5.32 Å². The van der Waals surface area contributed by atoms with Crippen molar-refractivity contribution >= 4 is 23.8 Å². The first-order chi connectivity index (χ1) is 19.2. The zero-order valence-corrected chi connectivity index (χ0v) is 26.9. The van der Waals surface area contributed by atoms with Crippen LogP contribution in [0.1, 0.15) is 88.5 Å². The lowest BCUT2D eigenvalue weighted by Gasteiger charge is -2.45. The summed E-state index contributed by atoms with van der Waals surface area (Å²) in [6, 6.07) is -0.842. The summed E-state index contributed by atoms with van der Waals surface area (Å²) < 4.78 is 39.9. The van der Waals surface area contributed by atoms with Crippen LogP contribution in [0.3, 0.4) is 0 Å². The first-order valence-electron chi connectivity index (χ1n) is 14.3. The van der Waals surface area contributed by atoms with E-state index in [1.807, 2.05) is 0 Å². The van der Waals surface area contributed by atoms with E-state index in [4.69, 9.17) is 38.9 Å². The van der Waals surface area contributed by atoms with Gasteiger partial charge in [-0.1, -0.05) is 0 Å². The lowest BCUT2D eigenvalue weighted by Crippen LogP contribution is -2.67. The van der Waals surface area contributed by atoms with Crippen molar-refractivity contribution < 1.29 is 52.3 Å². The van der Waals surface area contributed by atoms with Crippen LogP contribution in [0.25, 0.3) is 0 Å². The monoisotopic (exact) mass is 604 g/mol. The van der Waals surface area contributed by atoms with Crippen molar-refractivity contribution in [2.24, 2.45) is 5.73 Å². The Morgan fingerprint density at radius 2 is 1.10 bits per heavy atom. The number of carbonyl (C=O) groups is 4. The highest BCUT2D eigenvalue weighted by Crippen LogP contribution is 2.26. The molecule has 0 spiro atoms. The third kappa shape index (κ3) is 16.4. The Hall–Kier alpha value is -2.32. The van der Waals surface area contributed by atoms with Crippen molar-refractivity contribution in [3.05, 3.63) is 0 Å². The maximum atomic E-state index is 12.3. The van der Waals surface area contributed by atoms with Crippen LogP contribution in [0.5, 0.6) is 0 Å². The van der Waals surface area contributed by atoms with Gasteiger partial charge in [0.1, 0.15) is 41.3 Å². The minimum Gasteiger partial charge on any atom is -0.460 e. The third-order valence-electron chi connectivity index (χ3n) is 5.33. The van der Waals surface area contributed by atoms with Gasteiger partial charge < -0.3 is 44.2 Å². The quantitative estimate of drug-likeness (QED) is 0.168. The summed E-state index contributed by atoms with van der Waals surface area (Å²) >= 11 is 0. The third-order valence-corrected chi connectivity index (χ3v) is 5.33. The second-order valence-corrected chi connectivity index (χ2v) is 13.1. The Bertz CT molecular complexity index is 889. The summed E-state index contributed by atoms with van der Waals surface area (Å²) in [6.07, 6.45) is -3.65. The number of amides is 1. The van der Waals surface area contributed by atoms with Crippen LogP contribution >= 0.6 is 0 Å². The molecule has 0 aromatic rings. The fourth-order valence-corrected chi connectivity index (χ4v) is 3.99. The van der Waals surface area contributed by atoms with E-state index in [0.717, 1.165) is 0 Å². The van der Waals surface area contributed by atoms with Gasteiger partial charge in [-0.15, -0.1) is 0 Å². The average Bonchev–Trinajstić information content (AvgIpc) is 2.76. The molecule has 5 atom stereocenters. The molecule has 13 nitrogen and oxygen atoms in total. The van der Waals surface area contributed by atoms with Crippen LogP contribution < -0.4 is 11.1 Å². The molecule has 0 bridgehead atoms. The van der Waals surface area contributed by atoms with Crippen LogP contribution in [-0.2, 0) is 52.3 Å². The summed E-state index contributed by atoms with van der Waals surface area (Å²) in [5.74, 6) is -1.70. The number of nitrogens with one attached hydrogen (secondary N) is 1. The second kappa shape index (κ2) is 16.5. The highest BCUT2D eigenvalue weighted by molar-refractivity contribution is 5.73. The molecule has 3 N–H and O–H groups in total. The van der Waals surface area contributed by atoms with E-state index in [2.05, 4.69) is 5.32 Å². The lowest BCUT2D eigenvalue weighted by atomic mass is 9.95. The zero-order chi connectivity index (χ0) is 32.3. The molecule has 1 fully saturated rings. The van der Waals surface area contributed by atoms with Gasteiger partial charge in [-0.3, -0.25) is 19.2 Å². The molecule has 0 aliphatic carbocycles. The number of carbonyl (C=O) groups excluding carboxylic acids is 4. The Labute approximate surface area is 249 Å². The largest absolute Gasteiger partial charge is 0.460 e. The average molecular weight is 605 g/mol. The molecule has 1 saturated heterocycles. The predicted molar refractivity (Wildman–Crippen MR) is 152 cm³/mol.